The summed E-state index contributed by atoms with van der Waals surface area (Å²) in [6, 6.07) is 0.179. The molecule has 124 valence electrons. The van der Waals surface area contributed by atoms with Gasteiger partial charge in [0, 0.05) is 31.9 Å². The highest BCUT2D eigenvalue weighted by Gasteiger charge is 2.36. The minimum atomic E-state index is -3.28. The second-order valence-electron chi connectivity index (χ2n) is 6.11. The molecule has 0 aromatic carbocycles. The molecule has 0 aliphatic carbocycles. The summed E-state index contributed by atoms with van der Waals surface area (Å²) < 4.78 is 28.9. The van der Waals surface area contributed by atoms with Crippen LogP contribution in [0.1, 0.15) is 32.6 Å². The van der Waals surface area contributed by atoms with Crippen LogP contribution in [0, 0.1) is 5.92 Å². The topological polar surface area (TPSA) is 52.7 Å². The lowest BCUT2D eigenvalue weighted by molar-refractivity contribution is 0.240. The Kier molecular flexibility index (Phi) is 6.80. The van der Waals surface area contributed by atoms with E-state index in [1.54, 1.807) is 15.7 Å². The Bertz CT molecular complexity index is 410. The van der Waals surface area contributed by atoms with Gasteiger partial charge in [0.15, 0.2) is 0 Å². The van der Waals surface area contributed by atoms with Crippen LogP contribution in [0.4, 0.5) is 0 Å². The van der Waals surface area contributed by atoms with Crippen LogP contribution in [0.5, 0.6) is 0 Å². The van der Waals surface area contributed by atoms with Crippen LogP contribution in [0.3, 0.4) is 0 Å². The average Bonchev–Trinajstić information content (AvgIpc) is 3.01. The largest absolute Gasteiger partial charge is 0.316 e. The first-order valence-electron chi connectivity index (χ1n) is 8.07. The first-order chi connectivity index (χ1) is 10.1. The van der Waals surface area contributed by atoms with Gasteiger partial charge < -0.3 is 5.32 Å². The second kappa shape index (κ2) is 8.15. The van der Waals surface area contributed by atoms with Gasteiger partial charge >= 0.3 is 0 Å². The van der Waals surface area contributed by atoms with Crippen molar-refractivity contribution in [3.63, 3.8) is 0 Å². The maximum atomic E-state index is 12.8. The highest BCUT2D eigenvalue weighted by Crippen LogP contribution is 2.26. The predicted octanol–water partition coefficient (Wildman–Crippen LogP) is 1.38. The van der Waals surface area contributed by atoms with Crippen molar-refractivity contribution in [1.29, 1.82) is 0 Å². The van der Waals surface area contributed by atoms with Crippen LogP contribution in [0.2, 0.25) is 0 Å². The SMILES string of the molecule is CCCNCC1CCCN(S(=O)(=O)N(C)C2CCSC2)C1. The van der Waals surface area contributed by atoms with Crippen LogP contribution in [-0.4, -0.2) is 67.8 Å². The van der Waals surface area contributed by atoms with E-state index in [2.05, 4.69) is 12.2 Å². The molecule has 1 N–H and O–H groups in total. The van der Waals surface area contributed by atoms with Crippen molar-refractivity contribution in [2.75, 3.05) is 44.7 Å². The van der Waals surface area contributed by atoms with Crippen molar-refractivity contribution >= 4 is 22.0 Å². The van der Waals surface area contributed by atoms with Crippen LogP contribution >= 0.6 is 11.8 Å². The molecule has 0 aromatic rings. The quantitative estimate of drug-likeness (QED) is 0.714. The normalized spacial score (nSPS) is 28.3. The van der Waals surface area contributed by atoms with Gasteiger partial charge in [-0.1, -0.05) is 6.92 Å². The van der Waals surface area contributed by atoms with Crippen molar-refractivity contribution in [1.82, 2.24) is 13.9 Å². The molecule has 2 heterocycles. The molecule has 2 rings (SSSR count). The standard InChI is InChI=1S/C14H29N3O2S2/c1-3-7-15-10-13-5-4-8-17(11-13)21(18,19)16(2)14-6-9-20-12-14/h13-15H,3-12H2,1-2H3. The van der Waals surface area contributed by atoms with E-state index in [0.717, 1.165) is 50.3 Å². The maximum absolute atomic E-state index is 12.8. The van der Waals surface area contributed by atoms with Crippen molar-refractivity contribution in [3.05, 3.63) is 0 Å². The number of hydrogen-bond acceptors (Lipinski definition) is 4. The van der Waals surface area contributed by atoms with Crippen molar-refractivity contribution in [2.24, 2.45) is 5.92 Å². The zero-order valence-electron chi connectivity index (χ0n) is 13.3. The van der Waals surface area contributed by atoms with E-state index < -0.39 is 10.2 Å². The fraction of sp³-hybridized carbons (Fsp3) is 1.00. The van der Waals surface area contributed by atoms with Gasteiger partial charge in [0.1, 0.15) is 0 Å². The Balaban J connectivity index is 1.92. The van der Waals surface area contributed by atoms with E-state index in [1.165, 1.54) is 0 Å². The highest BCUT2D eigenvalue weighted by atomic mass is 32.2. The molecule has 2 atom stereocenters. The van der Waals surface area contributed by atoms with Gasteiger partial charge in [0.2, 0.25) is 0 Å². The van der Waals surface area contributed by atoms with Gasteiger partial charge in [-0.05, 0) is 50.4 Å². The lowest BCUT2D eigenvalue weighted by Gasteiger charge is -2.36. The minimum absolute atomic E-state index is 0.179. The Hall–Kier alpha value is 0.180. The smallest absolute Gasteiger partial charge is 0.282 e. The van der Waals surface area contributed by atoms with Crippen LogP contribution in [-0.2, 0) is 10.2 Å². The molecule has 7 heteroatoms. The molecule has 2 aliphatic rings. The van der Waals surface area contributed by atoms with Crippen LogP contribution < -0.4 is 5.32 Å². The van der Waals surface area contributed by atoms with Gasteiger partial charge in [-0.2, -0.15) is 28.8 Å². The molecule has 0 radical (unpaired) electrons. The Morgan fingerprint density at radius 2 is 2.19 bits per heavy atom. The second-order valence-corrected chi connectivity index (χ2v) is 9.25. The van der Waals surface area contributed by atoms with E-state index in [0.29, 0.717) is 19.0 Å². The summed E-state index contributed by atoms with van der Waals surface area (Å²) >= 11 is 1.85. The highest BCUT2D eigenvalue weighted by molar-refractivity contribution is 7.99. The molecule has 2 unspecified atom stereocenters. The van der Waals surface area contributed by atoms with Gasteiger partial charge in [-0.25, -0.2) is 0 Å². The number of thioether (sulfide) groups is 1. The van der Waals surface area contributed by atoms with Crippen LogP contribution in [0.15, 0.2) is 0 Å². The molecule has 21 heavy (non-hydrogen) atoms. The molecule has 2 fully saturated rings. The number of hydrogen-bond donors (Lipinski definition) is 1. The van der Waals surface area contributed by atoms with Gasteiger partial charge in [0.25, 0.3) is 10.2 Å². The van der Waals surface area contributed by atoms with E-state index in [-0.39, 0.29) is 6.04 Å². The third-order valence-corrected chi connectivity index (χ3v) is 7.61. The summed E-state index contributed by atoms with van der Waals surface area (Å²) in [6.45, 7) is 5.45. The Morgan fingerprint density at radius 1 is 1.38 bits per heavy atom. The van der Waals surface area contributed by atoms with E-state index in [4.69, 9.17) is 0 Å². The molecule has 0 bridgehead atoms. The van der Waals surface area contributed by atoms with E-state index in [1.807, 2.05) is 11.8 Å². The molecule has 0 amide bonds. The fourth-order valence-electron chi connectivity index (χ4n) is 3.07. The zero-order valence-corrected chi connectivity index (χ0v) is 14.9. The van der Waals surface area contributed by atoms with E-state index >= 15 is 0 Å². The fourth-order valence-corrected chi connectivity index (χ4v) is 6.11. The lowest BCUT2D eigenvalue weighted by Crippen LogP contribution is -2.50. The average molecular weight is 336 g/mol. The first-order valence-corrected chi connectivity index (χ1v) is 10.6. The summed E-state index contributed by atoms with van der Waals surface area (Å²) in [6.07, 6.45) is 4.21. The summed E-state index contributed by atoms with van der Waals surface area (Å²) in [5.74, 6) is 2.46. The molecule has 2 aliphatic heterocycles. The maximum Gasteiger partial charge on any atom is 0.282 e. The monoisotopic (exact) mass is 335 g/mol. The van der Waals surface area contributed by atoms with Crippen molar-refractivity contribution in [3.8, 4) is 0 Å². The Morgan fingerprint density at radius 3 is 2.86 bits per heavy atom. The number of piperidine rings is 1. The van der Waals surface area contributed by atoms with Crippen molar-refractivity contribution in [2.45, 2.75) is 38.6 Å². The summed E-state index contributed by atoms with van der Waals surface area (Å²) in [7, 11) is -1.53. The van der Waals surface area contributed by atoms with Gasteiger partial charge in [-0.15, -0.1) is 0 Å². The molecular weight excluding hydrogens is 306 g/mol. The van der Waals surface area contributed by atoms with Gasteiger partial charge in [0.05, 0.1) is 0 Å². The number of nitrogens with one attached hydrogen (secondary N) is 1. The molecular formula is C14H29N3O2S2. The third-order valence-electron chi connectivity index (χ3n) is 4.45. The number of rotatable bonds is 7. The summed E-state index contributed by atoms with van der Waals surface area (Å²) in [5.41, 5.74) is 0. The molecule has 5 nitrogen and oxygen atoms in total. The summed E-state index contributed by atoms with van der Waals surface area (Å²) in [5, 5.41) is 3.42. The van der Waals surface area contributed by atoms with Crippen molar-refractivity contribution < 1.29 is 8.42 Å². The van der Waals surface area contributed by atoms with Gasteiger partial charge in [-0.3, -0.25) is 0 Å². The molecule has 0 aromatic heterocycles. The summed E-state index contributed by atoms with van der Waals surface area (Å²) in [4.78, 5) is 0. The Labute approximate surface area is 134 Å². The predicted molar refractivity (Wildman–Crippen MR) is 89.9 cm³/mol. The van der Waals surface area contributed by atoms with Crippen LogP contribution in [0.25, 0.3) is 0 Å². The third kappa shape index (κ3) is 4.58. The zero-order chi connectivity index (χ0) is 15.3. The number of nitrogens with zero attached hydrogens (tertiary/aromatic N) is 2. The molecule has 0 saturated carbocycles. The minimum Gasteiger partial charge on any atom is -0.316 e. The molecule has 2 saturated heterocycles. The molecule has 0 spiro atoms. The van der Waals surface area contributed by atoms with E-state index in [9.17, 15) is 8.42 Å². The first kappa shape index (κ1) is 17.5. The lowest BCUT2D eigenvalue weighted by atomic mass is 10.00.